The van der Waals surface area contributed by atoms with Gasteiger partial charge in [0, 0.05) is 30.0 Å². The lowest BCUT2D eigenvalue weighted by atomic mass is 10.2. The zero-order chi connectivity index (χ0) is 21.5. The van der Waals surface area contributed by atoms with E-state index in [0.29, 0.717) is 10.8 Å². The van der Waals surface area contributed by atoms with Crippen LogP contribution in [0, 0.1) is 13.8 Å². The van der Waals surface area contributed by atoms with Gasteiger partial charge in [-0.15, -0.1) is 11.3 Å². The van der Waals surface area contributed by atoms with E-state index in [1.54, 1.807) is 0 Å². The molecule has 0 spiro atoms. The molecular weight excluding hydrogens is 400 g/mol. The standard InChI is InChI=1S/C22H28N4O3S/c1-15-7-9-18(10-8-15)26(13-20(28)24-17-5-3-4-6-17)21(29)12-11-19(27)25-22-23-16(2)14-30-22/h7-10,14,17H,3-6,11-13H2,1-2H3,(H,24,28)(H,23,25,27). The van der Waals surface area contributed by atoms with Crippen molar-refractivity contribution in [3.63, 3.8) is 0 Å². The smallest absolute Gasteiger partial charge is 0.240 e. The Morgan fingerprint density at radius 1 is 1.07 bits per heavy atom. The van der Waals surface area contributed by atoms with E-state index in [4.69, 9.17) is 0 Å². The van der Waals surface area contributed by atoms with Crippen molar-refractivity contribution in [1.82, 2.24) is 10.3 Å². The van der Waals surface area contributed by atoms with Crippen LogP contribution in [0.15, 0.2) is 29.6 Å². The number of carbonyl (C=O) groups is 3. The van der Waals surface area contributed by atoms with E-state index in [0.717, 1.165) is 36.9 Å². The zero-order valence-electron chi connectivity index (χ0n) is 17.4. The lowest BCUT2D eigenvalue weighted by Crippen LogP contribution is -2.43. The normalized spacial score (nSPS) is 13.8. The Balaban J connectivity index is 1.61. The van der Waals surface area contributed by atoms with Crippen molar-refractivity contribution < 1.29 is 14.4 Å². The second-order valence-corrected chi connectivity index (χ2v) is 8.56. The minimum absolute atomic E-state index is 0.0147. The highest BCUT2D eigenvalue weighted by molar-refractivity contribution is 7.13. The molecule has 1 fully saturated rings. The first-order chi connectivity index (χ1) is 14.4. The fourth-order valence-corrected chi connectivity index (χ4v) is 4.19. The number of amides is 3. The van der Waals surface area contributed by atoms with Crippen molar-refractivity contribution in [3.05, 3.63) is 40.9 Å². The second kappa shape index (κ2) is 10.3. The summed E-state index contributed by atoms with van der Waals surface area (Å²) in [6.07, 6.45) is 4.27. The predicted molar refractivity (Wildman–Crippen MR) is 119 cm³/mol. The van der Waals surface area contributed by atoms with Crippen molar-refractivity contribution in [3.8, 4) is 0 Å². The summed E-state index contributed by atoms with van der Waals surface area (Å²) in [6.45, 7) is 3.77. The van der Waals surface area contributed by atoms with Gasteiger partial charge in [-0.3, -0.25) is 14.4 Å². The van der Waals surface area contributed by atoms with Crippen LogP contribution in [0.5, 0.6) is 0 Å². The molecule has 1 aliphatic carbocycles. The first-order valence-electron chi connectivity index (χ1n) is 10.3. The van der Waals surface area contributed by atoms with Crippen LogP contribution < -0.4 is 15.5 Å². The van der Waals surface area contributed by atoms with Crippen LogP contribution in [-0.2, 0) is 14.4 Å². The maximum atomic E-state index is 12.9. The molecule has 8 heteroatoms. The number of nitrogens with one attached hydrogen (secondary N) is 2. The van der Waals surface area contributed by atoms with Crippen molar-refractivity contribution >= 4 is 39.9 Å². The van der Waals surface area contributed by atoms with Crippen LogP contribution in [0.1, 0.15) is 49.8 Å². The van der Waals surface area contributed by atoms with Gasteiger partial charge in [0.1, 0.15) is 6.54 Å². The summed E-state index contributed by atoms with van der Waals surface area (Å²) in [7, 11) is 0. The van der Waals surface area contributed by atoms with Gasteiger partial charge in [0.25, 0.3) is 0 Å². The van der Waals surface area contributed by atoms with Crippen LogP contribution >= 0.6 is 11.3 Å². The Labute approximate surface area is 180 Å². The number of aryl methyl sites for hydroxylation is 2. The second-order valence-electron chi connectivity index (χ2n) is 7.71. The molecule has 2 aromatic rings. The number of anilines is 2. The van der Waals surface area contributed by atoms with Gasteiger partial charge in [-0.25, -0.2) is 4.98 Å². The summed E-state index contributed by atoms with van der Waals surface area (Å²) in [5.74, 6) is -0.693. The van der Waals surface area contributed by atoms with Gasteiger partial charge in [-0.2, -0.15) is 0 Å². The van der Waals surface area contributed by atoms with E-state index >= 15 is 0 Å². The van der Waals surface area contributed by atoms with Gasteiger partial charge < -0.3 is 15.5 Å². The quantitative estimate of drug-likeness (QED) is 0.672. The number of nitrogens with zero attached hydrogens (tertiary/aromatic N) is 2. The van der Waals surface area contributed by atoms with Crippen molar-refractivity contribution in [2.45, 2.75) is 58.4 Å². The SMILES string of the molecule is Cc1ccc(N(CC(=O)NC2CCCC2)C(=O)CCC(=O)Nc2nc(C)cs2)cc1. The molecule has 3 rings (SSSR count). The third kappa shape index (κ3) is 6.38. The van der Waals surface area contributed by atoms with Gasteiger partial charge in [0.15, 0.2) is 5.13 Å². The number of carbonyl (C=O) groups excluding carboxylic acids is 3. The maximum Gasteiger partial charge on any atom is 0.240 e. The predicted octanol–water partition coefficient (Wildman–Crippen LogP) is 3.57. The van der Waals surface area contributed by atoms with Crippen LogP contribution in [-0.4, -0.2) is 35.3 Å². The number of aromatic nitrogens is 1. The lowest BCUT2D eigenvalue weighted by molar-refractivity contribution is -0.125. The fourth-order valence-electron chi connectivity index (χ4n) is 3.48. The van der Waals surface area contributed by atoms with Gasteiger partial charge >= 0.3 is 0 Å². The molecule has 7 nitrogen and oxygen atoms in total. The summed E-state index contributed by atoms with van der Waals surface area (Å²) in [4.78, 5) is 43.3. The van der Waals surface area contributed by atoms with Crippen LogP contribution in [0.2, 0.25) is 0 Å². The van der Waals surface area contributed by atoms with Gasteiger partial charge in [0.2, 0.25) is 17.7 Å². The summed E-state index contributed by atoms with van der Waals surface area (Å²) in [6, 6.07) is 7.66. The number of thiazole rings is 1. The van der Waals surface area contributed by atoms with Crippen molar-refractivity contribution in [1.29, 1.82) is 0 Å². The zero-order valence-corrected chi connectivity index (χ0v) is 18.3. The van der Waals surface area contributed by atoms with Gasteiger partial charge in [-0.1, -0.05) is 30.5 Å². The molecule has 0 unspecified atom stereocenters. The number of hydrogen-bond acceptors (Lipinski definition) is 5. The van der Waals surface area contributed by atoms with E-state index in [1.165, 1.54) is 16.2 Å². The van der Waals surface area contributed by atoms with Gasteiger partial charge in [0.05, 0.1) is 5.69 Å². The fraction of sp³-hybridized carbons (Fsp3) is 0.455. The molecule has 0 atom stereocenters. The Morgan fingerprint density at radius 3 is 2.40 bits per heavy atom. The molecule has 1 aromatic heterocycles. The molecule has 1 heterocycles. The highest BCUT2D eigenvalue weighted by Crippen LogP contribution is 2.20. The summed E-state index contributed by atoms with van der Waals surface area (Å²) < 4.78 is 0. The van der Waals surface area contributed by atoms with Crippen LogP contribution in [0.25, 0.3) is 0 Å². The molecule has 0 bridgehead atoms. The Bertz CT molecular complexity index is 888. The number of hydrogen-bond donors (Lipinski definition) is 2. The van der Waals surface area contributed by atoms with E-state index in [2.05, 4.69) is 15.6 Å². The third-order valence-electron chi connectivity index (χ3n) is 5.10. The molecule has 0 aliphatic heterocycles. The molecule has 0 radical (unpaired) electrons. The average Bonchev–Trinajstić information content (AvgIpc) is 3.36. The first kappa shape index (κ1) is 22.0. The topological polar surface area (TPSA) is 91.4 Å². The summed E-state index contributed by atoms with van der Waals surface area (Å²) in [5, 5.41) is 8.11. The number of rotatable bonds is 8. The Hall–Kier alpha value is -2.74. The molecule has 1 aliphatic rings. The first-order valence-corrected chi connectivity index (χ1v) is 11.2. The molecule has 30 heavy (non-hydrogen) atoms. The molecule has 0 saturated heterocycles. The van der Waals surface area contributed by atoms with E-state index in [9.17, 15) is 14.4 Å². The molecule has 160 valence electrons. The molecule has 2 N–H and O–H groups in total. The average molecular weight is 429 g/mol. The third-order valence-corrected chi connectivity index (χ3v) is 5.98. The molecule has 1 aromatic carbocycles. The minimum Gasteiger partial charge on any atom is -0.352 e. The van der Waals surface area contributed by atoms with Crippen molar-refractivity contribution in [2.75, 3.05) is 16.8 Å². The highest BCUT2D eigenvalue weighted by Gasteiger charge is 2.23. The minimum atomic E-state index is -0.267. The largest absolute Gasteiger partial charge is 0.352 e. The number of benzene rings is 1. The lowest BCUT2D eigenvalue weighted by Gasteiger charge is -2.23. The van der Waals surface area contributed by atoms with Gasteiger partial charge in [-0.05, 0) is 38.8 Å². The Morgan fingerprint density at radius 2 is 1.77 bits per heavy atom. The van der Waals surface area contributed by atoms with E-state index in [1.807, 2.05) is 43.5 Å². The van der Waals surface area contributed by atoms with Crippen LogP contribution in [0.4, 0.5) is 10.8 Å². The van der Waals surface area contributed by atoms with E-state index in [-0.39, 0.29) is 43.1 Å². The molecule has 1 saturated carbocycles. The Kier molecular flexibility index (Phi) is 7.57. The summed E-state index contributed by atoms with van der Waals surface area (Å²) in [5.41, 5.74) is 2.56. The van der Waals surface area contributed by atoms with Crippen molar-refractivity contribution in [2.24, 2.45) is 0 Å². The monoisotopic (exact) mass is 428 g/mol. The maximum absolute atomic E-state index is 12.9. The highest BCUT2D eigenvalue weighted by atomic mass is 32.1. The van der Waals surface area contributed by atoms with Crippen LogP contribution in [0.3, 0.4) is 0 Å². The van der Waals surface area contributed by atoms with E-state index < -0.39 is 0 Å². The summed E-state index contributed by atoms with van der Waals surface area (Å²) >= 11 is 1.35. The molecule has 3 amide bonds. The molecular formula is C22H28N4O3S.